The van der Waals surface area contributed by atoms with Crippen LogP contribution in [-0.4, -0.2) is 17.4 Å². The summed E-state index contributed by atoms with van der Waals surface area (Å²) < 4.78 is 12.6. The second-order valence-electron chi connectivity index (χ2n) is 2.96. The maximum atomic E-state index is 12.6. The molecule has 76 valence electrons. The number of carbonyl (C=O) groups excluding carboxylic acids is 1. The van der Waals surface area contributed by atoms with Gasteiger partial charge in [0.25, 0.3) is 5.91 Å². The van der Waals surface area contributed by atoms with Gasteiger partial charge in [0, 0.05) is 6.54 Å². The van der Waals surface area contributed by atoms with Crippen molar-refractivity contribution in [1.82, 2.24) is 10.3 Å². The number of unbranched alkanes of at least 4 members (excludes halogenated alkanes) is 1. The Morgan fingerprint density at radius 3 is 3.00 bits per heavy atom. The van der Waals surface area contributed by atoms with Crippen LogP contribution in [-0.2, 0) is 0 Å². The molecule has 0 radical (unpaired) electrons. The molecule has 0 unspecified atom stereocenters. The third kappa shape index (κ3) is 3.12. The zero-order valence-corrected chi connectivity index (χ0v) is 8.09. The molecule has 1 amide bonds. The van der Waals surface area contributed by atoms with Crippen molar-refractivity contribution < 1.29 is 9.18 Å². The lowest BCUT2D eigenvalue weighted by Crippen LogP contribution is -2.25. The number of pyridine rings is 1. The molecule has 0 aliphatic rings. The van der Waals surface area contributed by atoms with Crippen LogP contribution in [0.25, 0.3) is 0 Å². The first kappa shape index (κ1) is 10.6. The molecule has 0 spiro atoms. The van der Waals surface area contributed by atoms with Gasteiger partial charge in [-0.2, -0.15) is 4.39 Å². The van der Waals surface area contributed by atoms with Gasteiger partial charge in [-0.05, 0) is 18.6 Å². The van der Waals surface area contributed by atoms with Gasteiger partial charge in [0.15, 0.2) is 0 Å². The molecule has 0 bridgehead atoms. The average Bonchev–Trinajstić information content (AvgIpc) is 2.18. The van der Waals surface area contributed by atoms with Crippen molar-refractivity contribution in [3.63, 3.8) is 0 Å². The van der Waals surface area contributed by atoms with Crippen LogP contribution >= 0.6 is 0 Å². The zero-order chi connectivity index (χ0) is 10.4. The lowest BCUT2D eigenvalue weighted by molar-refractivity contribution is 0.0947. The van der Waals surface area contributed by atoms with Crippen LogP contribution in [0, 0.1) is 5.95 Å². The van der Waals surface area contributed by atoms with Crippen LogP contribution in [0.15, 0.2) is 18.2 Å². The molecule has 0 aliphatic carbocycles. The van der Waals surface area contributed by atoms with Crippen molar-refractivity contribution in [1.29, 1.82) is 0 Å². The van der Waals surface area contributed by atoms with Crippen molar-refractivity contribution in [2.24, 2.45) is 0 Å². The van der Waals surface area contributed by atoms with E-state index >= 15 is 0 Å². The third-order valence-electron chi connectivity index (χ3n) is 1.76. The van der Waals surface area contributed by atoms with Crippen LogP contribution in [0.4, 0.5) is 4.39 Å². The summed E-state index contributed by atoms with van der Waals surface area (Å²) in [7, 11) is 0. The molecule has 3 nitrogen and oxygen atoms in total. The van der Waals surface area contributed by atoms with Gasteiger partial charge in [0.2, 0.25) is 5.95 Å². The van der Waals surface area contributed by atoms with E-state index in [1.165, 1.54) is 18.2 Å². The van der Waals surface area contributed by atoms with Gasteiger partial charge in [0.05, 0.1) is 0 Å². The van der Waals surface area contributed by atoms with Crippen LogP contribution < -0.4 is 5.32 Å². The fourth-order valence-corrected chi connectivity index (χ4v) is 1.00. The number of nitrogens with one attached hydrogen (secondary N) is 1. The van der Waals surface area contributed by atoms with Gasteiger partial charge < -0.3 is 5.32 Å². The number of nitrogens with zero attached hydrogens (tertiary/aromatic N) is 1. The highest BCUT2D eigenvalue weighted by atomic mass is 19.1. The van der Waals surface area contributed by atoms with Crippen molar-refractivity contribution in [3.05, 3.63) is 29.8 Å². The minimum Gasteiger partial charge on any atom is -0.351 e. The van der Waals surface area contributed by atoms with Gasteiger partial charge in [-0.1, -0.05) is 19.4 Å². The Labute approximate surface area is 82.4 Å². The summed E-state index contributed by atoms with van der Waals surface area (Å²) in [4.78, 5) is 14.8. The number of carbonyl (C=O) groups is 1. The van der Waals surface area contributed by atoms with Crippen molar-refractivity contribution in [2.75, 3.05) is 6.54 Å². The molecule has 1 aromatic rings. The maximum absolute atomic E-state index is 12.6. The summed E-state index contributed by atoms with van der Waals surface area (Å²) in [5.41, 5.74) is 0.126. The molecule has 0 saturated heterocycles. The molecule has 1 rings (SSSR count). The van der Waals surface area contributed by atoms with E-state index in [4.69, 9.17) is 0 Å². The van der Waals surface area contributed by atoms with Crippen LogP contribution in [0.5, 0.6) is 0 Å². The Morgan fingerprint density at radius 2 is 2.36 bits per heavy atom. The van der Waals surface area contributed by atoms with Crippen LogP contribution in [0.1, 0.15) is 30.3 Å². The van der Waals surface area contributed by atoms with E-state index in [-0.39, 0.29) is 11.6 Å². The number of aromatic nitrogens is 1. The zero-order valence-electron chi connectivity index (χ0n) is 8.09. The lowest BCUT2D eigenvalue weighted by atomic mass is 10.3. The van der Waals surface area contributed by atoms with E-state index < -0.39 is 5.95 Å². The Balaban J connectivity index is 2.52. The number of rotatable bonds is 4. The Morgan fingerprint density at radius 1 is 1.57 bits per heavy atom. The second kappa shape index (κ2) is 5.32. The van der Waals surface area contributed by atoms with Gasteiger partial charge in [0.1, 0.15) is 5.69 Å². The fourth-order valence-electron chi connectivity index (χ4n) is 1.00. The Hall–Kier alpha value is -1.45. The molecule has 0 atom stereocenters. The van der Waals surface area contributed by atoms with E-state index in [1.807, 2.05) is 6.92 Å². The quantitative estimate of drug-likeness (QED) is 0.588. The molecule has 14 heavy (non-hydrogen) atoms. The molecule has 1 heterocycles. The first-order chi connectivity index (χ1) is 6.74. The minimum absolute atomic E-state index is 0.126. The van der Waals surface area contributed by atoms with E-state index in [1.54, 1.807) is 0 Å². The molecule has 4 heteroatoms. The topological polar surface area (TPSA) is 42.0 Å². The predicted molar refractivity (Wildman–Crippen MR) is 51.4 cm³/mol. The van der Waals surface area contributed by atoms with Crippen molar-refractivity contribution in [3.8, 4) is 0 Å². The van der Waals surface area contributed by atoms with Crippen LogP contribution in [0.3, 0.4) is 0 Å². The molecule has 1 N–H and O–H groups in total. The van der Waals surface area contributed by atoms with Gasteiger partial charge in [-0.15, -0.1) is 0 Å². The number of amides is 1. The summed E-state index contributed by atoms with van der Waals surface area (Å²) in [6.07, 6.45) is 1.93. The summed E-state index contributed by atoms with van der Waals surface area (Å²) >= 11 is 0. The normalized spacial score (nSPS) is 9.86. The van der Waals surface area contributed by atoms with E-state index in [9.17, 15) is 9.18 Å². The van der Waals surface area contributed by atoms with Crippen molar-refractivity contribution in [2.45, 2.75) is 19.8 Å². The summed E-state index contributed by atoms with van der Waals surface area (Å²) in [6.45, 7) is 2.64. The smallest absolute Gasteiger partial charge is 0.269 e. The lowest BCUT2D eigenvalue weighted by Gasteiger charge is -2.02. The molecule has 0 aliphatic heterocycles. The minimum atomic E-state index is -0.631. The molecule has 0 fully saturated rings. The molecular weight excluding hydrogens is 183 g/mol. The highest BCUT2D eigenvalue weighted by molar-refractivity contribution is 5.92. The highest BCUT2D eigenvalue weighted by Gasteiger charge is 2.06. The second-order valence-corrected chi connectivity index (χ2v) is 2.96. The predicted octanol–water partition coefficient (Wildman–Crippen LogP) is 1.75. The molecule has 1 aromatic heterocycles. The fraction of sp³-hybridized carbons (Fsp3) is 0.400. The van der Waals surface area contributed by atoms with Gasteiger partial charge in [-0.25, -0.2) is 4.98 Å². The molecule has 0 saturated carbocycles. The first-order valence-corrected chi connectivity index (χ1v) is 4.64. The number of halogens is 1. The number of hydrogen-bond donors (Lipinski definition) is 1. The molecular formula is C10H13FN2O. The summed E-state index contributed by atoms with van der Waals surface area (Å²) in [5, 5.41) is 2.66. The van der Waals surface area contributed by atoms with E-state index in [2.05, 4.69) is 10.3 Å². The van der Waals surface area contributed by atoms with E-state index in [0.717, 1.165) is 12.8 Å². The van der Waals surface area contributed by atoms with E-state index in [0.29, 0.717) is 6.54 Å². The monoisotopic (exact) mass is 196 g/mol. The number of hydrogen-bond acceptors (Lipinski definition) is 2. The summed E-state index contributed by atoms with van der Waals surface area (Å²) in [6, 6.07) is 4.17. The highest BCUT2D eigenvalue weighted by Crippen LogP contribution is 1.97. The standard InChI is InChI=1S/C10H13FN2O/c1-2-3-7-12-10(14)8-5-4-6-9(11)13-8/h4-6H,2-3,7H2,1H3,(H,12,14). The van der Waals surface area contributed by atoms with Crippen LogP contribution in [0.2, 0.25) is 0 Å². The van der Waals surface area contributed by atoms with Crippen molar-refractivity contribution >= 4 is 5.91 Å². The Bertz CT molecular complexity index is 315. The van der Waals surface area contributed by atoms with Gasteiger partial charge in [-0.3, -0.25) is 4.79 Å². The average molecular weight is 196 g/mol. The first-order valence-electron chi connectivity index (χ1n) is 4.64. The summed E-state index contributed by atoms with van der Waals surface area (Å²) in [5.74, 6) is -0.953. The van der Waals surface area contributed by atoms with Gasteiger partial charge >= 0.3 is 0 Å². The Kier molecular flexibility index (Phi) is 4.04. The SMILES string of the molecule is CCCCNC(=O)c1cccc(F)n1. The maximum Gasteiger partial charge on any atom is 0.269 e. The third-order valence-corrected chi connectivity index (χ3v) is 1.76. The largest absolute Gasteiger partial charge is 0.351 e. The molecule has 0 aromatic carbocycles.